The summed E-state index contributed by atoms with van der Waals surface area (Å²) in [5, 5.41) is 0. The minimum absolute atomic E-state index is 0.0527. The van der Waals surface area contributed by atoms with E-state index in [0.29, 0.717) is 5.92 Å². The van der Waals surface area contributed by atoms with Crippen LogP contribution in [-0.2, 0) is 0 Å². The Balaban J connectivity index is 1.35. The second-order valence-corrected chi connectivity index (χ2v) is 13.8. The normalized spacial score (nSPS) is 27.0. The zero-order chi connectivity index (χ0) is 22.9. The molecule has 3 rings (SSSR count). The molecule has 0 amide bonds. The van der Waals surface area contributed by atoms with E-state index in [-0.39, 0.29) is 32.2 Å². The van der Waals surface area contributed by atoms with Crippen LogP contribution in [0.2, 0.25) is 18.1 Å². The highest BCUT2D eigenvalue weighted by Crippen LogP contribution is 2.40. The van der Waals surface area contributed by atoms with Crippen molar-refractivity contribution in [3.05, 3.63) is 41.2 Å². The predicted molar refractivity (Wildman–Crippen MR) is 129 cm³/mol. The standard InChI is InChI=1S/C27H40F4Si/c1-2-3-14-32-15-12-21(13-16-32)7-5-4-6-20-8-10-22(11-9-20)27-24(29)17-23(18-25(27)30)26(31)19-28/h17-22,32H,2-16H2,1H3/b26-19-. The molecule has 0 radical (unpaired) electrons. The van der Waals surface area contributed by atoms with Crippen molar-refractivity contribution in [2.24, 2.45) is 11.8 Å². The van der Waals surface area contributed by atoms with Crippen LogP contribution in [0.4, 0.5) is 17.6 Å². The minimum atomic E-state index is -1.25. The van der Waals surface area contributed by atoms with Gasteiger partial charge in [0.15, 0.2) is 5.83 Å². The second-order valence-electron chi connectivity index (χ2n) is 10.3. The Morgan fingerprint density at radius 1 is 0.906 bits per heavy atom. The Bertz CT molecular complexity index is 708. The van der Waals surface area contributed by atoms with Crippen LogP contribution in [0, 0.1) is 23.5 Å². The lowest BCUT2D eigenvalue weighted by Gasteiger charge is -2.30. The molecule has 1 heterocycles. The number of hydrogen-bond donors (Lipinski definition) is 0. The first kappa shape index (κ1) is 25.5. The van der Waals surface area contributed by atoms with Gasteiger partial charge < -0.3 is 0 Å². The molecule has 180 valence electrons. The van der Waals surface area contributed by atoms with Crippen LogP contribution in [0.15, 0.2) is 18.5 Å². The summed E-state index contributed by atoms with van der Waals surface area (Å²) in [7, 11) is -0.387. The molecular formula is C27H40F4Si. The smallest absolute Gasteiger partial charge is 0.158 e. The van der Waals surface area contributed by atoms with Crippen molar-refractivity contribution in [1.82, 2.24) is 0 Å². The Hall–Kier alpha value is -1.10. The van der Waals surface area contributed by atoms with Gasteiger partial charge >= 0.3 is 0 Å². The predicted octanol–water partition coefficient (Wildman–Crippen LogP) is 9.47. The molecule has 32 heavy (non-hydrogen) atoms. The summed E-state index contributed by atoms with van der Waals surface area (Å²) in [6.07, 6.45) is 14.2. The molecule has 0 unspecified atom stereocenters. The molecule has 1 aliphatic carbocycles. The van der Waals surface area contributed by atoms with E-state index >= 15 is 0 Å². The van der Waals surface area contributed by atoms with Crippen molar-refractivity contribution in [2.45, 2.75) is 108 Å². The summed E-state index contributed by atoms with van der Waals surface area (Å²) in [5.74, 6) is -1.31. The summed E-state index contributed by atoms with van der Waals surface area (Å²) in [6, 6.07) is 6.53. The molecule has 1 saturated heterocycles. The summed E-state index contributed by atoms with van der Waals surface area (Å²) in [4.78, 5) is 0. The van der Waals surface area contributed by atoms with Gasteiger partial charge in [0.05, 0.1) is 0 Å². The highest BCUT2D eigenvalue weighted by molar-refractivity contribution is 6.58. The summed E-state index contributed by atoms with van der Waals surface area (Å²) in [6.45, 7) is 2.30. The van der Waals surface area contributed by atoms with E-state index < -0.39 is 17.5 Å². The number of unbranched alkanes of at least 4 members (excludes halogenated alkanes) is 2. The van der Waals surface area contributed by atoms with Crippen LogP contribution < -0.4 is 0 Å². The van der Waals surface area contributed by atoms with Gasteiger partial charge in [-0.3, -0.25) is 0 Å². The molecule has 0 nitrogen and oxygen atoms in total. The molecule has 0 atom stereocenters. The van der Waals surface area contributed by atoms with Crippen LogP contribution in [-0.4, -0.2) is 8.80 Å². The van der Waals surface area contributed by atoms with Gasteiger partial charge in [-0.1, -0.05) is 76.4 Å². The van der Waals surface area contributed by atoms with Crippen molar-refractivity contribution in [2.75, 3.05) is 0 Å². The number of rotatable bonds is 10. The fourth-order valence-corrected chi connectivity index (χ4v) is 9.82. The van der Waals surface area contributed by atoms with E-state index in [2.05, 4.69) is 6.92 Å². The van der Waals surface area contributed by atoms with Crippen molar-refractivity contribution < 1.29 is 17.6 Å². The Labute approximate surface area is 193 Å². The average Bonchev–Trinajstić information content (AvgIpc) is 2.81. The number of halogens is 4. The average molecular weight is 469 g/mol. The van der Waals surface area contributed by atoms with Crippen molar-refractivity contribution in [1.29, 1.82) is 0 Å². The Morgan fingerprint density at radius 2 is 1.47 bits per heavy atom. The highest BCUT2D eigenvalue weighted by Gasteiger charge is 2.27. The third kappa shape index (κ3) is 7.20. The van der Waals surface area contributed by atoms with Gasteiger partial charge in [-0.2, -0.15) is 0 Å². The van der Waals surface area contributed by atoms with Gasteiger partial charge in [0.25, 0.3) is 0 Å². The lowest BCUT2D eigenvalue weighted by atomic mass is 9.76. The van der Waals surface area contributed by atoms with Crippen molar-refractivity contribution >= 4 is 14.6 Å². The molecule has 0 spiro atoms. The largest absolute Gasteiger partial charge is 0.212 e. The molecule has 1 aromatic rings. The zero-order valence-electron chi connectivity index (χ0n) is 19.7. The summed E-state index contributed by atoms with van der Waals surface area (Å²) < 4.78 is 54.6. The fourth-order valence-electron chi connectivity index (χ4n) is 6.08. The van der Waals surface area contributed by atoms with E-state index in [0.717, 1.165) is 43.7 Å². The van der Waals surface area contributed by atoms with E-state index in [4.69, 9.17) is 0 Å². The van der Waals surface area contributed by atoms with Gasteiger partial charge in [0.1, 0.15) is 18.0 Å². The van der Waals surface area contributed by atoms with Crippen molar-refractivity contribution in [3.63, 3.8) is 0 Å². The van der Waals surface area contributed by atoms with E-state index in [1.54, 1.807) is 18.1 Å². The monoisotopic (exact) mass is 468 g/mol. The van der Waals surface area contributed by atoms with Crippen LogP contribution in [0.1, 0.15) is 101 Å². The molecule has 2 fully saturated rings. The number of hydrogen-bond acceptors (Lipinski definition) is 0. The first-order valence-electron chi connectivity index (χ1n) is 13.0. The topological polar surface area (TPSA) is 0 Å². The van der Waals surface area contributed by atoms with E-state index in [1.807, 2.05) is 0 Å². The zero-order valence-corrected chi connectivity index (χ0v) is 20.8. The maximum atomic E-state index is 14.4. The quantitative estimate of drug-likeness (QED) is 0.182. The highest BCUT2D eigenvalue weighted by atomic mass is 28.3. The van der Waals surface area contributed by atoms with Crippen molar-refractivity contribution in [3.8, 4) is 0 Å². The van der Waals surface area contributed by atoms with Crippen LogP contribution in [0.5, 0.6) is 0 Å². The van der Waals surface area contributed by atoms with Gasteiger partial charge in [0, 0.05) is 19.9 Å². The molecule has 0 bridgehead atoms. The molecule has 5 heteroatoms. The van der Waals surface area contributed by atoms with Gasteiger partial charge in [-0.05, 0) is 55.6 Å². The van der Waals surface area contributed by atoms with Crippen LogP contribution >= 0.6 is 0 Å². The molecule has 1 aliphatic heterocycles. The Kier molecular flexibility index (Phi) is 10.3. The summed E-state index contributed by atoms with van der Waals surface area (Å²) >= 11 is 0. The Morgan fingerprint density at radius 3 is 2.00 bits per heavy atom. The fraction of sp³-hybridized carbons (Fsp3) is 0.704. The maximum absolute atomic E-state index is 14.4. The number of benzene rings is 1. The molecule has 0 N–H and O–H groups in total. The lowest BCUT2D eigenvalue weighted by molar-refractivity contribution is 0.290. The third-order valence-electron chi connectivity index (χ3n) is 8.11. The molecule has 1 saturated carbocycles. The molecule has 0 aromatic heterocycles. The maximum Gasteiger partial charge on any atom is 0.158 e. The first-order valence-corrected chi connectivity index (χ1v) is 15.4. The van der Waals surface area contributed by atoms with Crippen LogP contribution in [0.3, 0.4) is 0 Å². The van der Waals surface area contributed by atoms with Gasteiger partial charge in [-0.15, -0.1) is 0 Å². The van der Waals surface area contributed by atoms with Gasteiger partial charge in [0.2, 0.25) is 0 Å². The SMILES string of the molecule is CCCC[SiH]1CCC(CCCCC2CCC(c3c(F)cc(/C(F)=C/F)cc3F)CC2)CC1. The minimum Gasteiger partial charge on any atom is -0.212 e. The van der Waals surface area contributed by atoms with E-state index in [9.17, 15) is 17.6 Å². The van der Waals surface area contributed by atoms with Gasteiger partial charge in [-0.25, -0.2) is 17.6 Å². The first-order chi connectivity index (χ1) is 15.5. The molecular weight excluding hydrogens is 428 g/mol. The third-order valence-corrected chi connectivity index (χ3v) is 11.6. The van der Waals surface area contributed by atoms with Crippen LogP contribution in [0.25, 0.3) is 5.83 Å². The summed E-state index contributed by atoms with van der Waals surface area (Å²) in [5.41, 5.74) is -0.325. The second kappa shape index (κ2) is 13.0. The molecule has 1 aromatic carbocycles. The van der Waals surface area contributed by atoms with E-state index in [1.165, 1.54) is 51.4 Å². The lowest BCUT2D eigenvalue weighted by Crippen LogP contribution is -2.21. The molecule has 2 aliphatic rings.